The molecule has 44 heavy (non-hydrogen) atoms. The minimum Gasteiger partial charge on any atom is -0.510 e. The highest BCUT2D eigenvalue weighted by molar-refractivity contribution is 9.10. The SMILES string of the molecule is COc1cc(=O)c2c(=O)c3c(c(=O)c=2c1=O)=C(O)[C@]1(CCc2c1c(O)c1c(=O)[nH]c(/C=N/NC(=O)C(N)=O)cc1c2Br)C=3O. The van der Waals surface area contributed by atoms with Gasteiger partial charge in [0.1, 0.15) is 22.7 Å². The molecule has 0 saturated carbocycles. The Balaban J connectivity index is 1.67. The van der Waals surface area contributed by atoms with Crippen LogP contribution in [0.25, 0.3) is 22.3 Å². The third-order valence-electron chi connectivity index (χ3n) is 7.97. The zero-order chi connectivity index (χ0) is 32.0. The Morgan fingerprint density at radius 1 is 1.02 bits per heavy atom. The number of fused-ring (bicyclic) bond motifs is 4. The number of hydrazone groups is 1. The highest BCUT2D eigenvalue weighted by Crippen LogP contribution is 2.56. The average molecular weight is 665 g/mol. The Morgan fingerprint density at radius 3 is 2.27 bits per heavy atom. The highest BCUT2D eigenvalue weighted by atomic mass is 79.9. The van der Waals surface area contributed by atoms with Gasteiger partial charge in [-0.05, 0) is 40.4 Å². The summed E-state index contributed by atoms with van der Waals surface area (Å²) in [6.45, 7) is 0. The molecule has 1 spiro atoms. The number of aromatic hydroxyl groups is 1. The van der Waals surface area contributed by atoms with Crippen molar-refractivity contribution in [3.05, 3.63) is 106 Å². The number of hydrogen-bond acceptors (Lipinski definition) is 12. The van der Waals surface area contributed by atoms with Crippen LogP contribution < -0.4 is 53.6 Å². The summed E-state index contributed by atoms with van der Waals surface area (Å²) in [6, 6.07) is 2.12. The van der Waals surface area contributed by atoms with E-state index in [-0.39, 0.29) is 39.3 Å². The van der Waals surface area contributed by atoms with Gasteiger partial charge in [0, 0.05) is 21.5 Å². The summed E-state index contributed by atoms with van der Waals surface area (Å²) in [4.78, 5) is 90.7. The number of aromatic amines is 1. The van der Waals surface area contributed by atoms with Gasteiger partial charge in [-0.2, -0.15) is 5.10 Å². The van der Waals surface area contributed by atoms with Gasteiger partial charge >= 0.3 is 11.8 Å². The van der Waals surface area contributed by atoms with Gasteiger partial charge in [-0.25, -0.2) is 5.43 Å². The maximum Gasteiger partial charge on any atom is 0.329 e. The molecule has 0 saturated heterocycles. The number of phenolic OH excluding ortho intramolecular Hbond substituents is 1. The fourth-order valence-corrected chi connectivity index (χ4v) is 6.81. The molecule has 1 atom stereocenters. The summed E-state index contributed by atoms with van der Waals surface area (Å²) < 4.78 is 5.12. The van der Waals surface area contributed by atoms with E-state index in [1.807, 2.05) is 5.43 Å². The number of methoxy groups -OCH3 is 1. The number of pyridine rings is 1. The summed E-state index contributed by atoms with van der Waals surface area (Å²) in [5.74, 6) is -5.34. The number of halogens is 1. The summed E-state index contributed by atoms with van der Waals surface area (Å²) in [7, 11) is 1.09. The third kappa shape index (κ3) is 3.48. The van der Waals surface area contributed by atoms with E-state index in [1.54, 1.807) is 0 Å². The molecule has 0 bridgehead atoms. The van der Waals surface area contributed by atoms with Gasteiger partial charge in [0.2, 0.25) is 16.3 Å². The highest BCUT2D eigenvalue weighted by Gasteiger charge is 2.53. The molecule has 16 heteroatoms. The number of rotatable bonds is 3. The number of carbonyl (C=O) groups is 2. The van der Waals surface area contributed by atoms with E-state index < -0.39 is 88.4 Å². The number of H-pyrrole nitrogens is 1. The fourth-order valence-electron chi connectivity index (χ4n) is 6.10. The van der Waals surface area contributed by atoms with Crippen molar-refractivity contribution in [3.63, 3.8) is 0 Å². The number of phenols is 1. The molecule has 1 aromatic carbocycles. The van der Waals surface area contributed by atoms with Crippen LogP contribution in [0.3, 0.4) is 0 Å². The lowest BCUT2D eigenvalue weighted by Gasteiger charge is -2.27. The monoisotopic (exact) mass is 664 g/mol. The summed E-state index contributed by atoms with van der Waals surface area (Å²) in [5.41, 5.74) is -0.480. The lowest BCUT2D eigenvalue weighted by molar-refractivity contribution is -0.137. The Morgan fingerprint density at radius 2 is 1.66 bits per heavy atom. The van der Waals surface area contributed by atoms with Crippen LogP contribution in [0.1, 0.15) is 23.2 Å². The smallest absolute Gasteiger partial charge is 0.329 e. The van der Waals surface area contributed by atoms with Crippen LogP contribution in [-0.2, 0) is 21.4 Å². The molecule has 4 aliphatic carbocycles. The zero-order valence-electron chi connectivity index (χ0n) is 22.2. The van der Waals surface area contributed by atoms with Crippen molar-refractivity contribution in [1.82, 2.24) is 10.4 Å². The number of hydrogen-bond donors (Lipinski definition) is 6. The molecule has 1 aromatic heterocycles. The van der Waals surface area contributed by atoms with E-state index in [2.05, 4.69) is 26.0 Å². The molecule has 1 heterocycles. The number of nitrogens with two attached hydrogens (primary N) is 1. The van der Waals surface area contributed by atoms with E-state index in [0.717, 1.165) is 19.4 Å². The number of aromatic nitrogens is 1. The molecule has 222 valence electrons. The minimum absolute atomic E-state index is 0.0352. The number of carbonyl (C=O) groups excluding carboxylic acids is 2. The van der Waals surface area contributed by atoms with Gasteiger partial charge in [0.25, 0.3) is 5.56 Å². The van der Waals surface area contributed by atoms with E-state index in [0.29, 0.717) is 5.56 Å². The second kappa shape index (κ2) is 9.43. The van der Waals surface area contributed by atoms with Crippen LogP contribution in [0.5, 0.6) is 11.5 Å². The Kier molecular flexibility index (Phi) is 6.11. The van der Waals surface area contributed by atoms with Gasteiger partial charge in [0.15, 0.2) is 11.2 Å². The fraction of sp³-hybridized carbons (Fsp3) is 0.143. The molecule has 0 fully saturated rings. The van der Waals surface area contributed by atoms with Gasteiger partial charge in [-0.1, -0.05) is 0 Å². The number of aliphatic hydroxyl groups excluding tert-OH is 2. The summed E-state index contributed by atoms with van der Waals surface area (Å²) >= 11 is 3.41. The Bertz CT molecular complexity index is 2570. The van der Waals surface area contributed by atoms with Crippen molar-refractivity contribution in [2.24, 2.45) is 10.8 Å². The predicted octanol–water partition coefficient (Wildman–Crippen LogP) is -2.79. The molecule has 2 amide bonds. The van der Waals surface area contributed by atoms with Crippen molar-refractivity contribution in [2.75, 3.05) is 7.11 Å². The number of benzene rings is 1. The largest absolute Gasteiger partial charge is 0.510 e. The molecular weight excluding hydrogens is 648 g/mol. The first-order valence-electron chi connectivity index (χ1n) is 12.6. The van der Waals surface area contributed by atoms with Crippen molar-refractivity contribution in [3.8, 4) is 11.5 Å². The van der Waals surface area contributed by atoms with Crippen LogP contribution in [0, 0.1) is 10.4 Å². The average Bonchev–Trinajstić information content (AvgIpc) is 3.48. The summed E-state index contributed by atoms with van der Waals surface area (Å²) in [6.07, 6.45) is 0.865. The first kappa shape index (κ1) is 28.5. The van der Waals surface area contributed by atoms with Crippen molar-refractivity contribution >= 4 is 56.2 Å². The molecule has 0 radical (unpaired) electrons. The Hall–Kier alpha value is -5.64. The molecule has 6 rings (SSSR count). The van der Waals surface area contributed by atoms with Gasteiger partial charge in [0.05, 0.1) is 45.3 Å². The van der Waals surface area contributed by atoms with Crippen LogP contribution in [0.2, 0.25) is 0 Å². The lowest BCUT2D eigenvalue weighted by atomic mass is 9.78. The molecule has 2 aromatic rings. The van der Waals surface area contributed by atoms with Crippen LogP contribution >= 0.6 is 15.9 Å². The van der Waals surface area contributed by atoms with Crippen molar-refractivity contribution in [2.45, 2.75) is 18.3 Å². The quantitative estimate of drug-likeness (QED) is 0.0741. The molecule has 4 aliphatic rings. The van der Waals surface area contributed by atoms with Crippen LogP contribution in [0.4, 0.5) is 0 Å². The second-order valence-electron chi connectivity index (χ2n) is 10.1. The molecular formula is C28H17BrN4O11. The summed E-state index contributed by atoms with van der Waals surface area (Å²) in [5, 5.41) is 35.0. The topological polar surface area (TPSA) is 256 Å². The van der Waals surface area contributed by atoms with E-state index in [4.69, 9.17) is 10.5 Å². The number of aliphatic hydroxyl groups is 2. The lowest BCUT2D eigenvalue weighted by Crippen LogP contribution is -2.51. The first-order valence-corrected chi connectivity index (χ1v) is 13.4. The first-order chi connectivity index (χ1) is 20.8. The third-order valence-corrected chi connectivity index (χ3v) is 8.88. The van der Waals surface area contributed by atoms with Crippen molar-refractivity contribution in [1.29, 1.82) is 0 Å². The van der Waals surface area contributed by atoms with Crippen LogP contribution in [-0.4, -0.2) is 45.4 Å². The maximum atomic E-state index is 13.6. The van der Waals surface area contributed by atoms with Gasteiger partial charge in [-0.3, -0.25) is 33.6 Å². The zero-order valence-corrected chi connectivity index (χ0v) is 23.7. The van der Waals surface area contributed by atoms with Crippen LogP contribution in [0.15, 0.2) is 45.7 Å². The standard InChI is InChI=1S/C28H17BrN4O11/c1-44-11-5-10(34)13-14(19(11)35)21(37)16-15(20(13)36)23(39)28(24(16)40)3-2-8-17(28)22(38)12-9(18(8)29)4-7(32-26(12)42)6-31-33-27(43)25(30)41/h4-6,38-40H,2-3H2,1H3,(H2,30,41)(H,32,42)(H,33,43)/b31-6+/t28-/m0/s1. The molecule has 0 aliphatic heterocycles. The predicted molar refractivity (Wildman–Crippen MR) is 156 cm³/mol. The van der Waals surface area contributed by atoms with E-state index in [1.165, 1.54) is 6.07 Å². The van der Waals surface area contributed by atoms with E-state index >= 15 is 0 Å². The number of nitrogens with one attached hydrogen (secondary N) is 2. The minimum atomic E-state index is -2.07. The molecule has 15 nitrogen and oxygen atoms in total. The number of primary amides is 1. The number of nitrogens with zero attached hydrogens (tertiary/aromatic N) is 1. The van der Waals surface area contributed by atoms with E-state index in [9.17, 15) is 48.9 Å². The number of amides is 2. The van der Waals surface area contributed by atoms with Crippen molar-refractivity contribution < 1.29 is 29.6 Å². The second-order valence-corrected chi connectivity index (χ2v) is 10.9. The van der Waals surface area contributed by atoms with Gasteiger partial charge < -0.3 is 30.8 Å². The molecule has 7 N–H and O–H groups in total. The normalized spacial score (nSPS) is 17.1. The van der Waals surface area contributed by atoms with Gasteiger partial charge in [-0.15, -0.1) is 0 Å². The Labute approximate surface area is 249 Å². The molecule has 0 unspecified atom stereocenters. The maximum absolute atomic E-state index is 13.6. The number of ether oxygens (including phenoxy) is 1.